The van der Waals surface area contributed by atoms with E-state index in [9.17, 15) is 13.2 Å². The Morgan fingerprint density at radius 2 is 2.00 bits per heavy atom. The van der Waals surface area contributed by atoms with Crippen molar-refractivity contribution in [2.75, 3.05) is 20.1 Å². The van der Waals surface area contributed by atoms with Crippen molar-refractivity contribution in [2.24, 2.45) is 5.92 Å². The van der Waals surface area contributed by atoms with Crippen molar-refractivity contribution in [1.29, 1.82) is 0 Å². The van der Waals surface area contributed by atoms with Gasteiger partial charge in [-0.2, -0.15) is 4.72 Å². The Hall–Kier alpha value is -0.960. The van der Waals surface area contributed by atoms with Gasteiger partial charge in [0.2, 0.25) is 5.91 Å². The van der Waals surface area contributed by atoms with E-state index in [1.54, 1.807) is 17.5 Å². The maximum absolute atomic E-state index is 12.5. The molecule has 2 N–H and O–H groups in total. The van der Waals surface area contributed by atoms with Crippen LogP contribution in [0.25, 0.3) is 0 Å². The molecule has 1 aromatic heterocycles. The third-order valence-electron chi connectivity index (χ3n) is 5.18. The van der Waals surface area contributed by atoms with Crippen molar-refractivity contribution < 1.29 is 13.2 Å². The Labute approximate surface area is 167 Å². The standard InChI is InChI=1S/C19H33N3O3S2/c1-15(2)18(21-27(24,25)17-11-7-14-26-17)19(23)20-12-8-13-22(3)16-9-5-4-6-10-16/h7,11,14-16,18,21H,4-6,8-10,12-13H2,1-3H3,(H,20,23)/t18-/m1/s1. The van der Waals surface area contributed by atoms with Gasteiger partial charge in [-0.3, -0.25) is 4.79 Å². The molecule has 0 aliphatic heterocycles. The average Bonchev–Trinajstić information content (AvgIpc) is 3.19. The molecule has 8 heteroatoms. The summed E-state index contributed by atoms with van der Waals surface area (Å²) in [5, 5.41) is 4.61. The number of nitrogens with zero attached hydrogens (tertiary/aromatic N) is 1. The number of hydrogen-bond donors (Lipinski definition) is 2. The Kier molecular flexibility index (Phi) is 8.72. The predicted molar refractivity (Wildman–Crippen MR) is 110 cm³/mol. The molecule has 1 aliphatic carbocycles. The van der Waals surface area contributed by atoms with Crippen LogP contribution in [0.1, 0.15) is 52.4 Å². The minimum absolute atomic E-state index is 0.135. The lowest BCUT2D eigenvalue weighted by Gasteiger charge is -2.31. The van der Waals surface area contributed by atoms with Gasteiger partial charge in [-0.1, -0.05) is 39.2 Å². The van der Waals surface area contributed by atoms with Crippen molar-refractivity contribution in [1.82, 2.24) is 14.9 Å². The third kappa shape index (κ3) is 6.85. The monoisotopic (exact) mass is 415 g/mol. The van der Waals surface area contributed by atoms with Gasteiger partial charge < -0.3 is 10.2 Å². The van der Waals surface area contributed by atoms with Crippen molar-refractivity contribution >= 4 is 27.3 Å². The molecule has 0 unspecified atom stereocenters. The van der Waals surface area contributed by atoms with Gasteiger partial charge in [-0.05, 0) is 50.2 Å². The Morgan fingerprint density at radius 1 is 1.30 bits per heavy atom. The lowest BCUT2D eigenvalue weighted by Crippen LogP contribution is -2.49. The molecule has 6 nitrogen and oxygen atoms in total. The van der Waals surface area contributed by atoms with Crippen molar-refractivity contribution in [3.05, 3.63) is 17.5 Å². The summed E-state index contributed by atoms with van der Waals surface area (Å²) in [6.45, 7) is 5.19. The summed E-state index contributed by atoms with van der Waals surface area (Å²) in [5.41, 5.74) is 0. The molecule has 1 saturated carbocycles. The van der Waals surface area contributed by atoms with Gasteiger partial charge in [0.05, 0.1) is 0 Å². The number of nitrogens with one attached hydrogen (secondary N) is 2. The minimum Gasteiger partial charge on any atom is -0.355 e. The van der Waals surface area contributed by atoms with Gasteiger partial charge >= 0.3 is 0 Å². The van der Waals surface area contributed by atoms with Crippen LogP contribution in [-0.4, -0.2) is 51.4 Å². The molecule has 0 bridgehead atoms. The molecule has 0 radical (unpaired) electrons. The molecule has 0 saturated heterocycles. The van der Waals surface area contributed by atoms with E-state index in [4.69, 9.17) is 0 Å². The van der Waals surface area contributed by atoms with Gasteiger partial charge in [-0.25, -0.2) is 8.42 Å². The number of carbonyl (C=O) groups excluding carboxylic acids is 1. The largest absolute Gasteiger partial charge is 0.355 e. The number of carbonyl (C=O) groups is 1. The van der Waals surface area contributed by atoms with Crippen LogP contribution in [0.4, 0.5) is 0 Å². The zero-order valence-electron chi connectivity index (χ0n) is 16.6. The smallest absolute Gasteiger partial charge is 0.250 e. The van der Waals surface area contributed by atoms with E-state index >= 15 is 0 Å². The van der Waals surface area contributed by atoms with Gasteiger partial charge in [-0.15, -0.1) is 11.3 Å². The summed E-state index contributed by atoms with van der Waals surface area (Å²) < 4.78 is 27.6. The van der Waals surface area contributed by atoms with E-state index in [1.807, 2.05) is 13.8 Å². The second kappa shape index (κ2) is 10.5. The normalized spacial score (nSPS) is 17.4. The second-order valence-electron chi connectivity index (χ2n) is 7.69. The minimum atomic E-state index is -3.67. The van der Waals surface area contributed by atoms with Gasteiger partial charge in [0, 0.05) is 12.6 Å². The number of amides is 1. The van der Waals surface area contributed by atoms with Crippen LogP contribution < -0.4 is 10.0 Å². The van der Waals surface area contributed by atoms with Crippen molar-refractivity contribution in [3.63, 3.8) is 0 Å². The summed E-state index contributed by atoms with van der Waals surface area (Å²) in [7, 11) is -1.51. The van der Waals surface area contributed by atoms with Gasteiger partial charge in [0.15, 0.2) is 0 Å². The molecule has 2 rings (SSSR count). The zero-order chi connectivity index (χ0) is 19.9. The second-order valence-corrected chi connectivity index (χ2v) is 10.6. The lowest BCUT2D eigenvalue weighted by atomic mass is 9.94. The first-order valence-electron chi connectivity index (χ1n) is 9.85. The van der Waals surface area contributed by atoms with Crippen LogP contribution in [0, 0.1) is 5.92 Å². The highest BCUT2D eigenvalue weighted by atomic mass is 32.2. The molecule has 1 atom stereocenters. The molecule has 1 amide bonds. The Morgan fingerprint density at radius 3 is 2.59 bits per heavy atom. The van der Waals surface area contributed by atoms with Gasteiger partial charge in [0.25, 0.3) is 10.0 Å². The molecular weight excluding hydrogens is 382 g/mol. The SMILES string of the molecule is CC(C)[C@@H](NS(=O)(=O)c1cccs1)C(=O)NCCCN(C)C1CCCCC1. The van der Waals surface area contributed by atoms with Crippen LogP contribution >= 0.6 is 11.3 Å². The average molecular weight is 416 g/mol. The van der Waals surface area contributed by atoms with Crippen molar-refractivity contribution in [2.45, 2.75) is 68.7 Å². The molecule has 1 heterocycles. The molecule has 1 aromatic rings. The first kappa shape index (κ1) is 22.3. The molecule has 27 heavy (non-hydrogen) atoms. The highest BCUT2D eigenvalue weighted by Gasteiger charge is 2.28. The van der Waals surface area contributed by atoms with Crippen LogP contribution in [-0.2, 0) is 14.8 Å². The molecule has 0 spiro atoms. The lowest BCUT2D eigenvalue weighted by molar-refractivity contribution is -0.123. The zero-order valence-corrected chi connectivity index (χ0v) is 18.2. The number of rotatable bonds is 10. The molecular formula is C19H33N3O3S2. The summed E-state index contributed by atoms with van der Waals surface area (Å²) in [6.07, 6.45) is 7.36. The fourth-order valence-corrected chi connectivity index (χ4v) is 5.84. The first-order valence-corrected chi connectivity index (χ1v) is 12.2. The van der Waals surface area contributed by atoms with E-state index in [2.05, 4.69) is 22.0 Å². The van der Waals surface area contributed by atoms with Crippen molar-refractivity contribution in [3.8, 4) is 0 Å². The number of hydrogen-bond acceptors (Lipinski definition) is 5. The Balaban J connectivity index is 1.79. The van der Waals surface area contributed by atoms with Crippen LogP contribution in [0.2, 0.25) is 0 Å². The molecule has 154 valence electrons. The Bertz CT molecular complexity index is 668. The van der Waals surface area contributed by atoms with E-state index in [0.717, 1.165) is 24.3 Å². The first-order chi connectivity index (χ1) is 12.8. The highest BCUT2D eigenvalue weighted by molar-refractivity contribution is 7.91. The van der Waals surface area contributed by atoms with E-state index in [0.29, 0.717) is 12.6 Å². The van der Waals surface area contributed by atoms with E-state index in [-0.39, 0.29) is 16.0 Å². The maximum atomic E-state index is 12.5. The molecule has 0 aromatic carbocycles. The quantitative estimate of drug-likeness (QED) is 0.576. The van der Waals surface area contributed by atoms with E-state index in [1.165, 1.54) is 32.1 Å². The number of thiophene rings is 1. The summed E-state index contributed by atoms with van der Waals surface area (Å²) in [4.78, 5) is 14.9. The fourth-order valence-electron chi connectivity index (χ4n) is 3.49. The highest BCUT2D eigenvalue weighted by Crippen LogP contribution is 2.21. The van der Waals surface area contributed by atoms with Gasteiger partial charge in [0.1, 0.15) is 10.3 Å². The van der Waals surface area contributed by atoms with Crippen LogP contribution in [0.5, 0.6) is 0 Å². The summed E-state index contributed by atoms with van der Waals surface area (Å²) in [6, 6.07) is 3.12. The maximum Gasteiger partial charge on any atom is 0.250 e. The topological polar surface area (TPSA) is 78.5 Å². The van der Waals surface area contributed by atoms with Crippen LogP contribution in [0.3, 0.4) is 0 Å². The summed E-state index contributed by atoms with van der Waals surface area (Å²) >= 11 is 1.15. The molecule has 1 fully saturated rings. The number of sulfonamides is 1. The van der Waals surface area contributed by atoms with Crippen LogP contribution in [0.15, 0.2) is 21.7 Å². The predicted octanol–water partition coefficient (Wildman–Crippen LogP) is 2.82. The third-order valence-corrected chi connectivity index (χ3v) is 8.01. The van der Waals surface area contributed by atoms with E-state index < -0.39 is 16.1 Å². The molecule has 1 aliphatic rings. The summed E-state index contributed by atoms with van der Waals surface area (Å²) in [5.74, 6) is -0.393. The fraction of sp³-hybridized carbons (Fsp3) is 0.737.